The van der Waals surface area contributed by atoms with Crippen LogP contribution in [0.5, 0.6) is 0 Å². The zero-order chi connectivity index (χ0) is 8.43. The molecule has 5 heteroatoms. The van der Waals surface area contributed by atoms with Crippen molar-refractivity contribution in [3.8, 4) is 0 Å². The van der Waals surface area contributed by atoms with E-state index >= 15 is 0 Å². The predicted molar refractivity (Wildman–Crippen MR) is 46.3 cm³/mol. The molecule has 1 heterocycles. The second-order valence-electron chi connectivity index (χ2n) is 2.03. The summed E-state index contributed by atoms with van der Waals surface area (Å²) in [7, 11) is 1.61. The molecule has 11 heavy (non-hydrogen) atoms. The normalized spacial score (nSPS) is 10.0. The van der Waals surface area contributed by atoms with Gasteiger partial charge in [0, 0.05) is 18.0 Å². The molecule has 0 atom stereocenters. The highest BCUT2D eigenvalue weighted by molar-refractivity contribution is 7.73. The van der Waals surface area contributed by atoms with Crippen molar-refractivity contribution in [1.29, 1.82) is 0 Å². The van der Waals surface area contributed by atoms with Crippen molar-refractivity contribution in [2.24, 2.45) is 7.05 Å². The first-order valence-corrected chi connectivity index (χ1v) is 4.18. The Balaban J connectivity index is 3.45. The molecule has 0 fully saturated rings. The molecule has 0 saturated carbocycles. The molecule has 0 aliphatic carbocycles. The first-order chi connectivity index (χ1) is 5.15. The molecule has 0 saturated heterocycles. The lowest BCUT2D eigenvalue weighted by Gasteiger charge is -1.96. The van der Waals surface area contributed by atoms with E-state index in [1.54, 1.807) is 7.05 Å². The summed E-state index contributed by atoms with van der Waals surface area (Å²) < 4.78 is 1.86. The first kappa shape index (κ1) is 8.58. The van der Waals surface area contributed by atoms with E-state index in [0.29, 0.717) is 8.83 Å². The third kappa shape index (κ3) is 1.74. The van der Waals surface area contributed by atoms with Crippen molar-refractivity contribution in [2.45, 2.75) is 6.61 Å². The lowest BCUT2D eigenvalue weighted by Crippen LogP contribution is -2.15. The molecule has 60 valence electrons. The van der Waals surface area contributed by atoms with Gasteiger partial charge in [-0.2, -0.15) is 0 Å². The summed E-state index contributed by atoms with van der Waals surface area (Å²) >= 11 is 6.11. The minimum absolute atomic E-state index is 0.121. The van der Waals surface area contributed by atoms with Gasteiger partial charge in [0.25, 0.3) is 5.56 Å². The number of aliphatic hydroxyl groups is 1. The van der Waals surface area contributed by atoms with E-state index in [1.165, 1.54) is 22.0 Å². The minimum Gasteiger partial charge on any atom is -0.391 e. The zero-order valence-electron chi connectivity index (χ0n) is 5.90. The smallest absolute Gasteiger partial charge is 0.253 e. The van der Waals surface area contributed by atoms with Gasteiger partial charge in [-0.3, -0.25) is 9.36 Å². The van der Waals surface area contributed by atoms with Gasteiger partial charge in [0.05, 0.1) is 6.61 Å². The fourth-order valence-corrected chi connectivity index (χ4v) is 1.70. The van der Waals surface area contributed by atoms with Crippen molar-refractivity contribution >= 4 is 23.6 Å². The second kappa shape index (κ2) is 3.25. The van der Waals surface area contributed by atoms with E-state index in [2.05, 4.69) is 0 Å². The van der Waals surface area contributed by atoms with E-state index in [0.717, 1.165) is 0 Å². The van der Waals surface area contributed by atoms with Gasteiger partial charge in [-0.25, -0.2) is 0 Å². The van der Waals surface area contributed by atoms with Gasteiger partial charge in [-0.15, -0.1) is 11.3 Å². The van der Waals surface area contributed by atoms with Crippen LogP contribution >= 0.6 is 23.6 Å². The van der Waals surface area contributed by atoms with Crippen LogP contribution in [0.15, 0.2) is 10.9 Å². The third-order valence-electron chi connectivity index (χ3n) is 1.26. The fraction of sp³-hybridized carbons (Fsp3) is 0.333. The van der Waals surface area contributed by atoms with Crippen molar-refractivity contribution in [1.82, 2.24) is 4.57 Å². The number of hydrogen-bond donors (Lipinski definition) is 1. The van der Waals surface area contributed by atoms with Crippen LogP contribution in [0.3, 0.4) is 0 Å². The maximum atomic E-state index is 11.0. The van der Waals surface area contributed by atoms with Gasteiger partial charge < -0.3 is 5.11 Å². The highest BCUT2D eigenvalue weighted by atomic mass is 32.1. The molecule has 1 N–H and O–H groups in total. The Morgan fingerprint density at radius 3 is 2.91 bits per heavy atom. The van der Waals surface area contributed by atoms with Crippen LogP contribution in [0.1, 0.15) is 4.88 Å². The molecule has 1 aromatic heterocycles. The van der Waals surface area contributed by atoms with Crippen molar-refractivity contribution in [3.05, 3.63) is 25.3 Å². The van der Waals surface area contributed by atoms with Gasteiger partial charge >= 0.3 is 0 Å². The molecular weight excluding hydrogens is 182 g/mol. The third-order valence-corrected chi connectivity index (χ3v) is 2.74. The largest absolute Gasteiger partial charge is 0.391 e. The van der Waals surface area contributed by atoms with Crippen molar-refractivity contribution in [2.75, 3.05) is 0 Å². The van der Waals surface area contributed by atoms with Crippen LogP contribution in [-0.2, 0) is 13.7 Å². The topological polar surface area (TPSA) is 42.2 Å². The molecule has 0 amide bonds. The molecule has 1 aromatic rings. The number of rotatable bonds is 1. The molecule has 0 aliphatic heterocycles. The number of hydrogen-bond acceptors (Lipinski definition) is 4. The van der Waals surface area contributed by atoms with Gasteiger partial charge in [0.1, 0.15) is 0 Å². The summed E-state index contributed by atoms with van der Waals surface area (Å²) in [5.74, 6) is 0. The van der Waals surface area contributed by atoms with Crippen LogP contribution < -0.4 is 5.56 Å². The van der Waals surface area contributed by atoms with Gasteiger partial charge in [0.15, 0.2) is 3.95 Å². The van der Waals surface area contributed by atoms with E-state index in [-0.39, 0.29) is 12.2 Å². The molecule has 3 nitrogen and oxygen atoms in total. The van der Waals surface area contributed by atoms with Crippen molar-refractivity contribution < 1.29 is 5.11 Å². The molecule has 1 rings (SSSR count). The first-order valence-electron chi connectivity index (χ1n) is 2.96. The van der Waals surface area contributed by atoms with Gasteiger partial charge in [-0.05, 0) is 12.2 Å². The summed E-state index contributed by atoms with van der Waals surface area (Å²) in [6.07, 6.45) is 0. The summed E-state index contributed by atoms with van der Waals surface area (Å²) in [6.45, 7) is -0.121. The number of nitrogens with zero attached hydrogens (tertiary/aromatic N) is 1. The van der Waals surface area contributed by atoms with E-state index < -0.39 is 0 Å². The summed E-state index contributed by atoms with van der Waals surface area (Å²) in [5.41, 5.74) is -0.169. The van der Waals surface area contributed by atoms with Gasteiger partial charge in [0.2, 0.25) is 0 Å². The minimum atomic E-state index is -0.169. The molecule has 0 spiro atoms. The lowest BCUT2D eigenvalue weighted by molar-refractivity contribution is 0.285. The Labute approximate surface area is 72.6 Å². The van der Waals surface area contributed by atoms with Crippen molar-refractivity contribution in [3.63, 3.8) is 0 Å². The van der Waals surface area contributed by atoms with E-state index in [1.807, 2.05) is 0 Å². The average Bonchev–Trinajstić information content (AvgIpc) is 1.99. The van der Waals surface area contributed by atoms with Crippen LogP contribution in [0.2, 0.25) is 0 Å². The predicted octanol–water partition coefficient (Wildman–Crippen LogP) is 0.669. The quantitative estimate of drug-likeness (QED) is 0.660. The molecule has 0 bridgehead atoms. The monoisotopic (exact) mass is 189 g/mol. The maximum absolute atomic E-state index is 11.0. The fourth-order valence-electron chi connectivity index (χ4n) is 0.613. The molecule has 0 unspecified atom stereocenters. The zero-order valence-corrected chi connectivity index (χ0v) is 7.54. The summed E-state index contributed by atoms with van der Waals surface area (Å²) in [4.78, 5) is 11.6. The Bertz CT molecular complexity index is 334. The molecule has 0 aromatic carbocycles. The standard InChI is InChI=1S/C6H7NO2S2/c1-7-5(9)2-4(3-8)11-6(7)10/h2,8H,3H2,1H3. The van der Waals surface area contributed by atoms with Crippen LogP contribution in [0.4, 0.5) is 0 Å². The summed E-state index contributed by atoms with van der Waals surface area (Å²) in [5, 5.41) is 8.69. The Hall–Kier alpha value is -0.520. The highest BCUT2D eigenvalue weighted by Crippen LogP contribution is 2.04. The Morgan fingerprint density at radius 1 is 1.82 bits per heavy atom. The Morgan fingerprint density at radius 2 is 2.45 bits per heavy atom. The molecular formula is C6H7NO2S2. The van der Waals surface area contributed by atoms with Gasteiger partial charge in [-0.1, -0.05) is 0 Å². The number of aliphatic hydroxyl groups excluding tert-OH is 1. The lowest BCUT2D eigenvalue weighted by atomic mass is 10.5. The average molecular weight is 189 g/mol. The molecule has 0 radical (unpaired) electrons. The highest BCUT2D eigenvalue weighted by Gasteiger charge is 1.96. The van der Waals surface area contributed by atoms with Crippen LogP contribution in [0, 0.1) is 3.95 Å². The van der Waals surface area contributed by atoms with Crippen LogP contribution in [-0.4, -0.2) is 9.67 Å². The SMILES string of the molecule is Cn1c(=O)cc(CO)sc1=S. The second-order valence-corrected chi connectivity index (χ2v) is 3.79. The number of aromatic nitrogens is 1. The van der Waals surface area contributed by atoms with E-state index in [4.69, 9.17) is 17.3 Å². The maximum Gasteiger partial charge on any atom is 0.253 e. The van der Waals surface area contributed by atoms with Crippen LogP contribution in [0.25, 0.3) is 0 Å². The van der Waals surface area contributed by atoms with E-state index in [9.17, 15) is 4.79 Å². The summed E-state index contributed by atoms with van der Waals surface area (Å²) in [6, 6.07) is 1.39. The Kier molecular flexibility index (Phi) is 2.53. The molecule has 0 aliphatic rings.